The number of hydrogen-bond acceptors (Lipinski definition) is 3. The first-order valence-corrected chi connectivity index (χ1v) is 8.50. The molecular weight excluding hydrogens is 290 g/mol. The molecule has 1 N–H and O–H groups in total. The smallest absolute Gasteiger partial charge is 0.224 e. The molecule has 0 unspecified atom stereocenters. The zero-order valence-corrected chi connectivity index (χ0v) is 14.0. The average Bonchev–Trinajstić information content (AvgIpc) is 3.20. The van der Waals surface area contributed by atoms with Crippen molar-refractivity contribution in [3.8, 4) is 0 Å². The Labute approximate surface area is 136 Å². The SMILES string of the molecule is CCc1nccn1CCC(=O)N1CCCC[C@H]1c1[nH]ncc1C. The normalized spacial score (nSPS) is 18.3. The maximum absolute atomic E-state index is 12.8. The second-order valence-electron chi connectivity index (χ2n) is 6.21. The van der Waals surface area contributed by atoms with Gasteiger partial charge in [0.2, 0.25) is 5.91 Å². The molecule has 2 aromatic rings. The van der Waals surface area contributed by atoms with Crippen LogP contribution in [-0.4, -0.2) is 37.1 Å². The fourth-order valence-electron chi connectivity index (χ4n) is 3.44. The highest BCUT2D eigenvalue weighted by Crippen LogP contribution is 2.31. The molecule has 3 rings (SSSR count). The Kier molecular flexibility index (Phi) is 4.79. The molecule has 1 amide bonds. The number of nitrogens with zero attached hydrogens (tertiary/aromatic N) is 4. The van der Waals surface area contributed by atoms with Crippen molar-refractivity contribution in [1.29, 1.82) is 0 Å². The minimum Gasteiger partial charge on any atom is -0.334 e. The first-order chi connectivity index (χ1) is 11.2. The number of rotatable bonds is 5. The Morgan fingerprint density at radius 3 is 3.04 bits per heavy atom. The highest BCUT2D eigenvalue weighted by molar-refractivity contribution is 5.76. The standard InChI is InChI=1S/C17H25N5O/c1-3-15-18-8-11-21(15)10-7-16(23)22-9-5-4-6-14(22)17-13(2)12-19-20-17/h8,11-12,14H,3-7,9-10H2,1-2H3,(H,19,20)/t14-/m0/s1. The molecule has 0 saturated carbocycles. The lowest BCUT2D eigenvalue weighted by molar-refractivity contribution is -0.135. The van der Waals surface area contributed by atoms with Crippen molar-refractivity contribution in [2.24, 2.45) is 0 Å². The van der Waals surface area contributed by atoms with Crippen LogP contribution < -0.4 is 0 Å². The van der Waals surface area contributed by atoms with Gasteiger partial charge >= 0.3 is 0 Å². The van der Waals surface area contributed by atoms with E-state index in [1.54, 1.807) is 6.20 Å². The highest BCUT2D eigenvalue weighted by Gasteiger charge is 2.29. The summed E-state index contributed by atoms with van der Waals surface area (Å²) in [6, 6.07) is 0.146. The van der Waals surface area contributed by atoms with Crippen LogP contribution in [0, 0.1) is 6.92 Å². The number of aromatic nitrogens is 4. The highest BCUT2D eigenvalue weighted by atomic mass is 16.2. The predicted molar refractivity (Wildman–Crippen MR) is 87.9 cm³/mol. The molecule has 2 aromatic heterocycles. The van der Waals surface area contributed by atoms with Crippen LogP contribution in [0.5, 0.6) is 0 Å². The van der Waals surface area contributed by atoms with Gasteiger partial charge in [-0.2, -0.15) is 5.10 Å². The second-order valence-corrected chi connectivity index (χ2v) is 6.21. The van der Waals surface area contributed by atoms with Crippen LogP contribution in [0.15, 0.2) is 18.6 Å². The fourth-order valence-corrected chi connectivity index (χ4v) is 3.44. The molecule has 124 valence electrons. The van der Waals surface area contributed by atoms with Gasteiger partial charge in [-0.25, -0.2) is 4.98 Å². The quantitative estimate of drug-likeness (QED) is 0.922. The summed E-state index contributed by atoms with van der Waals surface area (Å²) in [5.41, 5.74) is 2.23. The number of imidazole rings is 1. The Bertz CT molecular complexity index is 659. The molecule has 23 heavy (non-hydrogen) atoms. The molecule has 1 aliphatic heterocycles. The number of carbonyl (C=O) groups is 1. The summed E-state index contributed by atoms with van der Waals surface area (Å²) in [5, 5.41) is 7.21. The van der Waals surface area contributed by atoms with E-state index in [1.807, 2.05) is 17.3 Å². The number of aromatic amines is 1. The number of H-pyrrole nitrogens is 1. The van der Waals surface area contributed by atoms with E-state index in [1.165, 1.54) is 0 Å². The van der Waals surface area contributed by atoms with Gasteiger partial charge in [0.05, 0.1) is 17.9 Å². The Morgan fingerprint density at radius 2 is 2.30 bits per heavy atom. The first-order valence-electron chi connectivity index (χ1n) is 8.50. The van der Waals surface area contributed by atoms with Crippen molar-refractivity contribution < 1.29 is 4.79 Å². The summed E-state index contributed by atoms with van der Waals surface area (Å²) >= 11 is 0. The lowest BCUT2D eigenvalue weighted by Gasteiger charge is -2.35. The fraction of sp³-hybridized carbons (Fsp3) is 0.588. The molecule has 1 atom stereocenters. The van der Waals surface area contributed by atoms with Crippen molar-refractivity contribution in [1.82, 2.24) is 24.6 Å². The second kappa shape index (κ2) is 6.98. The van der Waals surface area contributed by atoms with E-state index in [9.17, 15) is 4.79 Å². The number of likely N-dealkylation sites (tertiary alicyclic amines) is 1. The predicted octanol–water partition coefficient (Wildman–Crippen LogP) is 2.62. The summed E-state index contributed by atoms with van der Waals surface area (Å²) < 4.78 is 2.08. The third-order valence-electron chi connectivity index (χ3n) is 4.71. The van der Waals surface area contributed by atoms with Crippen LogP contribution in [0.1, 0.15) is 55.7 Å². The van der Waals surface area contributed by atoms with Gasteiger partial charge in [0.25, 0.3) is 0 Å². The topological polar surface area (TPSA) is 66.8 Å². The van der Waals surface area contributed by atoms with Gasteiger partial charge in [-0.05, 0) is 31.7 Å². The summed E-state index contributed by atoms with van der Waals surface area (Å²) in [7, 11) is 0. The van der Waals surface area contributed by atoms with Gasteiger partial charge in [0, 0.05) is 38.3 Å². The van der Waals surface area contributed by atoms with Crippen LogP contribution in [0.3, 0.4) is 0 Å². The monoisotopic (exact) mass is 315 g/mol. The number of piperidine rings is 1. The van der Waals surface area contributed by atoms with Gasteiger partial charge < -0.3 is 9.47 Å². The maximum Gasteiger partial charge on any atom is 0.224 e. The number of aryl methyl sites for hydroxylation is 3. The van der Waals surface area contributed by atoms with E-state index in [0.717, 1.165) is 49.3 Å². The average molecular weight is 315 g/mol. The van der Waals surface area contributed by atoms with Gasteiger partial charge in [0.15, 0.2) is 0 Å². The van der Waals surface area contributed by atoms with Crippen molar-refractivity contribution in [3.05, 3.63) is 35.7 Å². The number of carbonyl (C=O) groups excluding carboxylic acids is 1. The molecule has 0 aliphatic carbocycles. The molecule has 0 radical (unpaired) electrons. The molecule has 1 saturated heterocycles. The number of nitrogens with one attached hydrogen (secondary N) is 1. The van der Waals surface area contributed by atoms with Crippen LogP contribution in [-0.2, 0) is 17.8 Å². The minimum atomic E-state index is 0.146. The molecule has 0 aromatic carbocycles. The molecule has 1 fully saturated rings. The van der Waals surface area contributed by atoms with E-state index in [0.29, 0.717) is 13.0 Å². The van der Waals surface area contributed by atoms with Crippen LogP contribution in [0.25, 0.3) is 0 Å². The largest absolute Gasteiger partial charge is 0.334 e. The van der Waals surface area contributed by atoms with E-state index in [4.69, 9.17) is 0 Å². The maximum atomic E-state index is 12.8. The number of hydrogen-bond donors (Lipinski definition) is 1. The molecule has 1 aliphatic rings. The van der Waals surface area contributed by atoms with Crippen molar-refractivity contribution in [2.45, 2.75) is 58.5 Å². The Balaban J connectivity index is 1.68. The van der Waals surface area contributed by atoms with Crippen molar-refractivity contribution in [2.75, 3.05) is 6.54 Å². The van der Waals surface area contributed by atoms with E-state index >= 15 is 0 Å². The first kappa shape index (κ1) is 15.8. The summed E-state index contributed by atoms with van der Waals surface area (Å²) in [4.78, 5) is 19.1. The third-order valence-corrected chi connectivity index (χ3v) is 4.71. The van der Waals surface area contributed by atoms with Crippen molar-refractivity contribution in [3.63, 3.8) is 0 Å². The molecule has 6 nitrogen and oxygen atoms in total. The summed E-state index contributed by atoms with van der Waals surface area (Å²) in [5.74, 6) is 1.26. The van der Waals surface area contributed by atoms with Crippen molar-refractivity contribution >= 4 is 5.91 Å². The van der Waals surface area contributed by atoms with Crippen LogP contribution >= 0.6 is 0 Å². The molecule has 6 heteroatoms. The lowest BCUT2D eigenvalue weighted by Crippen LogP contribution is -2.39. The Hall–Kier alpha value is -2.11. The molecular formula is C17H25N5O. The van der Waals surface area contributed by atoms with Gasteiger partial charge in [-0.3, -0.25) is 9.89 Å². The van der Waals surface area contributed by atoms with E-state index in [2.05, 4.69) is 33.6 Å². The van der Waals surface area contributed by atoms with Crippen LogP contribution in [0.2, 0.25) is 0 Å². The molecule has 0 bridgehead atoms. The Morgan fingerprint density at radius 1 is 1.43 bits per heavy atom. The van der Waals surface area contributed by atoms with E-state index in [-0.39, 0.29) is 11.9 Å². The zero-order valence-electron chi connectivity index (χ0n) is 14.0. The summed E-state index contributed by atoms with van der Waals surface area (Å²) in [6.07, 6.45) is 10.3. The zero-order chi connectivity index (χ0) is 16.2. The third kappa shape index (κ3) is 3.30. The molecule has 3 heterocycles. The van der Waals surface area contributed by atoms with Crippen LogP contribution in [0.4, 0.5) is 0 Å². The van der Waals surface area contributed by atoms with E-state index < -0.39 is 0 Å². The molecule has 0 spiro atoms. The van der Waals surface area contributed by atoms with Gasteiger partial charge in [-0.15, -0.1) is 0 Å². The van der Waals surface area contributed by atoms with Gasteiger partial charge in [-0.1, -0.05) is 6.92 Å². The lowest BCUT2D eigenvalue weighted by atomic mass is 9.97. The van der Waals surface area contributed by atoms with Gasteiger partial charge in [0.1, 0.15) is 5.82 Å². The summed E-state index contributed by atoms with van der Waals surface area (Å²) in [6.45, 7) is 5.68. The minimum absolute atomic E-state index is 0.146. The number of amides is 1.